The van der Waals surface area contributed by atoms with Gasteiger partial charge in [0.25, 0.3) is 0 Å². The van der Waals surface area contributed by atoms with Gasteiger partial charge in [0, 0.05) is 6.04 Å². The van der Waals surface area contributed by atoms with E-state index in [1.54, 1.807) is 0 Å². The number of rotatable bonds is 0. The molecule has 2 aliphatic carbocycles. The SMILES string of the molecule is NC1CCC2CCCCCC(CC1)C2. The fraction of sp³-hybridized carbons (Fsp3) is 1.00. The molecule has 0 amide bonds. The molecule has 0 saturated heterocycles. The Hall–Kier alpha value is -0.0400. The van der Waals surface area contributed by atoms with Gasteiger partial charge in [0.15, 0.2) is 0 Å². The van der Waals surface area contributed by atoms with Crippen molar-refractivity contribution in [2.24, 2.45) is 17.6 Å². The van der Waals surface area contributed by atoms with Gasteiger partial charge in [0.2, 0.25) is 0 Å². The lowest BCUT2D eigenvalue weighted by Gasteiger charge is -2.30. The zero-order valence-electron chi connectivity index (χ0n) is 9.38. The molecule has 0 spiro atoms. The Labute approximate surface area is 88.4 Å². The summed E-state index contributed by atoms with van der Waals surface area (Å²) >= 11 is 0. The van der Waals surface area contributed by atoms with Crippen molar-refractivity contribution in [2.75, 3.05) is 0 Å². The van der Waals surface area contributed by atoms with Crippen LogP contribution < -0.4 is 5.73 Å². The first kappa shape index (κ1) is 10.5. The molecule has 0 aromatic heterocycles. The lowest BCUT2D eigenvalue weighted by Crippen LogP contribution is -2.26. The highest BCUT2D eigenvalue weighted by Crippen LogP contribution is 2.34. The number of hydrogen-bond acceptors (Lipinski definition) is 1. The van der Waals surface area contributed by atoms with Crippen LogP contribution in [0.15, 0.2) is 0 Å². The smallest absolute Gasteiger partial charge is 0.00390 e. The number of hydrogen-bond donors (Lipinski definition) is 1. The Morgan fingerprint density at radius 1 is 0.643 bits per heavy atom. The largest absolute Gasteiger partial charge is 0.328 e. The van der Waals surface area contributed by atoms with E-state index >= 15 is 0 Å². The van der Waals surface area contributed by atoms with Gasteiger partial charge in [-0.25, -0.2) is 0 Å². The summed E-state index contributed by atoms with van der Waals surface area (Å²) in [6.07, 6.45) is 14.3. The number of fused-ring (bicyclic) bond motifs is 2. The van der Waals surface area contributed by atoms with Crippen molar-refractivity contribution in [2.45, 2.75) is 70.3 Å². The Morgan fingerprint density at radius 3 is 1.79 bits per heavy atom. The first-order chi connectivity index (χ1) is 6.84. The standard InChI is InChI=1S/C13H25N/c14-13-8-6-11-4-2-1-3-5-12(10-11)7-9-13/h11-13H,1-10,14H2. The predicted molar refractivity (Wildman–Crippen MR) is 61.1 cm³/mol. The molecule has 2 saturated carbocycles. The van der Waals surface area contributed by atoms with Gasteiger partial charge in [-0.1, -0.05) is 32.1 Å². The molecule has 2 rings (SSSR count). The van der Waals surface area contributed by atoms with Crippen LogP contribution in [0.2, 0.25) is 0 Å². The van der Waals surface area contributed by atoms with E-state index in [-0.39, 0.29) is 0 Å². The molecule has 1 heteroatoms. The van der Waals surface area contributed by atoms with E-state index in [0.29, 0.717) is 6.04 Å². The highest BCUT2D eigenvalue weighted by atomic mass is 14.6. The highest BCUT2D eigenvalue weighted by molar-refractivity contribution is 4.77. The van der Waals surface area contributed by atoms with Gasteiger partial charge in [-0.05, 0) is 43.9 Å². The van der Waals surface area contributed by atoms with E-state index in [1.807, 2.05) is 0 Å². The molecule has 2 bridgehead atoms. The van der Waals surface area contributed by atoms with Gasteiger partial charge in [-0.2, -0.15) is 0 Å². The Morgan fingerprint density at radius 2 is 1.21 bits per heavy atom. The van der Waals surface area contributed by atoms with Gasteiger partial charge < -0.3 is 5.73 Å². The van der Waals surface area contributed by atoms with E-state index in [2.05, 4.69) is 0 Å². The fourth-order valence-electron chi connectivity index (χ4n) is 3.32. The molecule has 14 heavy (non-hydrogen) atoms. The Kier molecular flexibility index (Phi) is 3.86. The molecule has 82 valence electrons. The second-order valence-electron chi connectivity index (χ2n) is 5.52. The van der Waals surface area contributed by atoms with E-state index in [4.69, 9.17) is 5.73 Å². The summed E-state index contributed by atoms with van der Waals surface area (Å²) < 4.78 is 0. The maximum atomic E-state index is 6.10. The minimum Gasteiger partial charge on any atom is -0.328 e. The van der Waals surface area contributed by atoms with Crippen LogP contribution in [0.5, 0.6) is 0 Å². The second-order valence-corrected chi connectivity index (χ2v) is 5.52. The van der Waals surface area contributed by atoms with E-state index in [9.17, 15) is 0 Å². The van der Waals surface area contributed by atoms with Crippen molar-refractivity contribution in [1.82, 2.24) is 0 Å². The average Bonchev–Trinajstić information content (AvgIpc) is 2.11. The molecule has 2 unspecified atom stereocenters. The first-order valence-corrected chi connectivity index (χ1v) is 6.60. The van der Waals surface area contributed by atoms with Gasteiger partial charge in [0.1, 0.15) is 0 Å². The zero-order valence-corrected chi connectivity index (χ0v) is 9.38. The monoisotopic (exact) mass is 195 g/mol. The molecular weight excluding hydrogens is 170 g/mol. The normalized spacial score (nSPS) is 40.5. The van der Waals surface area contributed by atoms with Crippen LogP contribution in [0.4, 0.5) is 0 Å². The zero-order chi connectivity index (χ0) is 9.80. The molecule has 2 N–H and O–H groups in total. The van der Waals surface area contributed by atoms with Crippen molar-refractivity contribution in [3.63, 3.8) is 0 Å². The number of nitrogens with two attached hydrogens (primary N) is 1. The summed E-state index contributed by atoms with van der Waals surface area (Å²) in [4.78, 5) is 0. The van der Waals surface area contributed by atoms with E-state index in [1.165, 1.54) is 64.2 Å². The Balaban J connectivity index is 1.92. The van der Waals surface area contributed by atoms with E-state index in [0.717, 1.165) is 11.8 Å². The van der Waals surface area contributed by atoms with Crippen molar-refractivity contribution >= 4 is 0 Å². The third-order valence-electron chi connectivity index (χ3n) is 4.28. The van der Waals surface area contributed by atoms with E-state index < -0.39 is 0 Å². The molecular formula is C13H25N. The molecule has 0 radical (unpaired) electrons. The van der Waals surface area contributed by atoms with Crippen molar-refractivity contribution in [3.05, 3.63) is 0 Å². The predicted octanol–water partition coefficient (Wildman–Crippen LogP) is 3.47. The fourth-order valence-corrected chi connectivity index (χ4v) is 3.32. The van der Waals surface area contributed by atoms with Crippen LogP contribution >= 0.6 is 0 Å². The first-order valence-electron chi connectivity index (χ1n) is 6.60. The minimum absolute atomic E-state index is 0.514. The topological polar surface area (TPSA) is 26.0 Å². The molecule has 0 aromatic rings. The summed E-state index contributed by atoms with van der Waals surface area (Å²) in [6, 6.07) is 0.514. The molecule has 0 aromatic carbocycles. The van der Waals surface area contributed by atoms with Crippen LogP contribution in [0, 0.1) is 11.8 Å². The van der Waals surface area contributed by atoms with Crippen molar-refractivity contribution in [3.8, 4) is 0 Å². The van der Waals surface area contributed by atoms with Crippen LogP contribution in [0.1, 0.15) is 64.2 Å². The van der Waals surface area contributed by atoms with Crippen molar-refractivity contribution < 1.29 is 0 Å². The lowest BCUT2D eigenvalue weighted by atomic mass is 9.77. The quantitative estimate of drug-likeness (QED) is 0.629. The molecule has 0 heterocycles. The van der Waals surface area contributed by atoms with Crippen LogP contribution in [-0.2, 0) is 0 Å². The van der Waals surface area contributed by atoms with Crippen LogP contribution in [0.25, 0.3) is 0 Å². The van der Waals surface area contributed by atoms with Gasteiger partial charge in [-0.15, -0.1) is 0 Å². The summed E-state index contributed by atoms with van der Waals surface area (Å²) in [5, 5.41) is 0. The Bertz CT molecular complexity index is 151. The highest BCUT2D eigenvalue weighted by Gasteiger charge is 2.22. The van der Waals surface area contributed by atoms with Gasteiger partial charge in [0.05, 0.1) is 0 Å². The second kappa shape index (κ2) is 5.16. The van der Waals surface area contributed by atoms with Crippen molar-refractivity contribution in [1.29, 1.82) is 0 Å². The average molecular weight is 195 g/mol. The molecule has 2 aliphatic rings. The molecule has 1 nitrogen and oxygen atoms in total. The summed E-state index contributed by atoms with van der Waals surface area (Å²) in [5.41, 5.74) is 6.10. The molecule has 2 fully saturated rings. The third kappa shape index (κ3) is 2.98. The molecule has 2 atom stereocenters. The van der Waals surface area contributed by atoms with Gasteiger partial charge >= 0.3 is 0 Å². The van der Waals surface area contributed by atoms with Crippen LogP contribution in [0.3, 0.4) is 0 Å². The third-order valence-corrected chi connectivity index (χ3v) is 4.28. The summed E-state index contributed by atoms with van der Waals surface area (Å²) in [7, 11) is 0. The minimum atomic E-state index is 0.514. The molecule has 0 aliphatic heterocycles. The lowest BCUT2D eigenvalue weighted by molar-refractivity contribution is 0.234. The maximum absolute atomic E-state index is 6.10. The van der Waals surface area contributed by atoms with Gasteiger partial charge in [-0.3, -0.25) is 0 Å². The summed E-state index contributed by atoms with van der Waals surface area (Å²) in [5.74, 6) is 2.04. The summed E-state index contributed by atoms with van der Waals surface area (Å²) in [6.45, 7) is 0. The maximum Gasteiger partial charge on any atom is 0.00390 e. The van der Waals surface area contributed by atoms with Crippen LogP contribution in [-0.4, -0.2) is 6.04 Å².